The molecule has 0 spiro atoms. The van der Waals surface area contributed by atoms with Gasteiger partial charge in [-0.15, -0.1) is 0 Å². The van der Waals surface area contributed by atoms with Gasteiger partial charge in [-0.25, -0.2) is 0 Å². The maximum Gasteiger partial charge on any atom is 0.202 e. The second-order valence-corrected chi connectivity index (χ2v) is 6.31. The van der Waals surface area contributed by atoms with Crippen molar-refractivity contribution in [2.75, 3.05) is 11.5 Å². The minimum absolute atomic E-state index is 0.00594. The lowest BCUT2D eigenvalue weighted by Crippen LogP contribution is -2.24. The summed E-state index contributed by atoms with van der Waals surface area (Å²) in [5.74, 6) is -2.15. The lowest BCUT2D eigenvalue weighted by atomic mass is 9.81. The predicted molar refractivity (Wildman–Crippen MR) is 87.3 cm³/mol. The van der Waals surface area contributed by atoms with Crippen LogP contribution in [0, 0.1) is 0 Å². The number of ketones is 2. The third-order valence-electron chi connectivity index (χ3n) is 3.52. The highest BCUT2D eigenvalue weighted by molar-refractivity contribution is 9.13. The summed E-state index contributed by atoms with van der Waals surface area (Å²) in [6.07, 6.45) is 0. The van der Waals surface area contributed by atoms with Crippen molar-refractivity contribution < 1.29 is 19.8 Å². The molecule has 3 rings (SSSR count). The first-order valence-corrected chi connectivity index (χ1v) is 7.56. The number of hydrogen-bond acceptors (Lipinski definition) is 6. The topological polar surface area (TPSA) is 127 Å². The number of carbonyl (C=O) groups is 2. The Morgan fingerprint density at radius 2 is 1.41 bits per heavy atom. The van der Waals surface area contributed by atoms with Crippen LogP contribution in [0.25, 0.3) is 0 Å². The van der Waals surface area contributed by atoms with Gasteiger partial charge in [0.25, 0.3) is 0 Å². The molecule has 0 saturated carbocycles. The summed E-state index contributed by atoms with van der Waals surface area (Å²) in [5, 5.41) is 20.1. The van der Waals surface area contributed by atoms with Gasteiger partial charge >= 0.3 is 0 Å². The molecule has 6 N–H and O–H groups in total. The Morgan fingerprint density at radius 1 is 0.818 bits per heavy atom. The molecular formula is C14H8Br2N2O4. The number of nitrogens with two attached hydrogens (primary N) is 2. The SMILES string of the molecule is Nc1ccc(O)c2c1C(=O)c1c(N)c(Br)c(Br)c(O)c1C2=O. The Labute approximate surface area is 141 Å². The molecule has 0 aromatic heterocycles. The Morgan fingerprint density at radius 3 is 2.05 bits per heavy atom. The number of carbonyl (C=O) groups excluding carboxylic acids is 2. The fraction of sp³-hybridized carbons (Fsp3) is 0. The van der Waals surface area contributed by atoms with Crippen LogP contribution in [0.3, 0.4) is 0 Å². The number of phenols is 2. The zero-order chi connectivity index (χ0) is 16.3. The van der Waals surface area contributed by atoms with E-state index in [4.69, 9.17) is 11.5 Å². The van der Waals surface area contributed by atoms with Crippen LogP contribution in [0.5, 0.6) is 11.5 Å². The average molecular weight is 428 g/mol. The first-order valence-electron chi connectivity index (χ1n) is 5.97. The Balaban J connectivity index is 2.50. The van der Waals surface area contributed by atoms with Crippen LogP contribution >= 0.6 is 31.9 Å². The minimum atomic E-state index is -0.716. The highest BCUT2D eigenvalue weighted by atomic mass is 79.9. The predicted octanol–water partition coefficient (Wildman–Crippen LogP) is 2.56. The molecule has 1 aliphatic rings. The summed E-state index contributed by atoms with van der Waals surface area (Å²) in [4.78, 5) is 25.3. The number of halogens is 2. The van der Waals surface area contributed by atoms with Crippen molar-refractivity contribution >= 4 is 54.8 Å². The average Bonchev–Trinajstić information content (AvgIpc) is 2.48. The number of fused-ring (bicyclic) bond motifs is 2. The van der Waals surface area contributed by atoms with E-state index < -0.39 is 17.3 Å². The third kappa shape index (κ3) is 1.71. The molecule has 8 heteroatoms. The van der Waals surface area contributed by atoms with Crippen molar-refractivity contribution in [1.29, 1.82) is 0 Å². The van der Waals surface area contributed by atoms with Crippen molar-refractivity contribution in [2.24, 2.45) is 0 Å². The normalized spacial score (nSPS) is 13.0. The smallest absolute Gasteiger partial charge is 0.202 e. The molecule has 0 bridgehead atoms. The van der Waals surface area contributed by atoms with Gasteiger partial charge in [-0.2, -0.15) is 0 Å². The first-order chi connectivity index (χ1) is 10.3. The molecule has 0 radical (unpaired) electrons. The van der Waals surface area contributed by atoms with Gasteiger partial charge in [0.05, 0.1) is 36.9 Å². The maximum absolute atomic E-state index is 12.7. The molecule has 112 valence electrons. The standard InChI is InChI=1S/C14H8Br2N2O4/c15-9-10(16)14(22)8-7(11(9)18)12(20)5-3(17)1-2-4(19)6(5)13(8)21/h1-2,19,22H,17-18H2. The van der Waals surface area contributed by atoms with E-state index in [0.29, 0.717) is 0 Å². The zero-order valence-electron chi connectivity index (χ0n) is 10.8. The van der Waals surface area contributed by atoms with E-state index in [9.17, 15) is 19.8 Å². The minimum Gasteiger partial charge on any atom is -0.507 e. The molecule has 22 heavy (non-hydrogen) atoms. The van der Waals surface area contributed by atoms with Gasteiger partial charge in [0.15, 0.2) is 5.78 Å². The van der Waals surface area contributed by atoms with Gasteiger partial charge in [0, 0.05) is 5.69 Å². The first kappa shape index (κ1) is 14.9. The fourth-order valence-corrected chi connectivity index (χ4v) is 3.28. The zero-order valence-corrected chi connectivity index (χ0v) is 13.9. The van der Waals surface area contributed by atoms with Crippen LogP contribution in [0.15, 0.2) is 21.1 Å². The Kier molecular flexibility index (Phi) is 3.19. The Hall–Kier alpha value is -2.06. The van der Waals surface area contributed by atoms with Crippen LogP contribution in [0.1, 0.15) is 31.8 Å². The molecular weight excluding hydrogens is 420 g/mol. The summed E-state index contributed by atoms with van der Waals surface area (Å²) in [6, 6.07) is 2.55. The summed E-state index contributed by atoms with van der Waals surface area (Å²) < 4.78 is 0.406. The fourth-order valence-electron chi connectivity index (χ4n) is 2.48. The summed E-state index contributed by atoms with van der Waals surface area (Å²) in [7, 11) is 0. The van der Waals surface area contributed by atoms with E-state index in [1.165, 1.54) is 12.1 Å². The van der Waals surface area contributed by atoms with Crippen LogP contribution in [-0.4, -0.2) is 21.8 Å². The van der Waals surface area contributed by atoms with Gasteiger partial charge < -0.3 is 21.7 Å². The van der Waals surface area contributed by atoms with Crippen LogP contribution in [0.2, 0.25) is 0 Å². The monoisotopic (exact) mass is 426 g/mol. The molecule has 0 saturated heterocycles. The molecule has 2 aromatic rings. The number of benzene rings is 2. The quantitative estimate of drug-likeness (QED) is 0.322. The molecule has 0 heterocycles. The van der Waals surface area contributed by atoms with E-state index >= 15 is 0 Å². The van der Waals surface area contributed by atoms with Crippen molar-refractivity contribution in [3.05, 3.63) is 43.3 Å². The molecule has 0 amide bonds. The van der Waals surface area contributed by atoms with Crippen LogP contribution < -0.4 is 11.5 Å². The lowest BCUT2D eigenvalue weighted by molar-refractivity contribution is 0.0975. The summed E-state index contributed by atoms with van der Waals surface area (Å²) in [5.41, 5.74) is 11.0. The van der Waals surface area contributed by atoms with E-state index in [0.717, 1.165) is 0 Å². The second-order valence-electron chi connectivity index (χ2n) is 4.72. The summed E-state index contributed by atoms with van der Waals surface area (Å²) in [6.45, 7) is 0. The van der Waals surface area contributed by atoms with Crippen molar-refractivity contribution in [3.63, 3.8) is 0 Å². The molecule has 0 unspecified atom stereocenters. The van der Waals surface area contributed by atoms with Gasteiger partial charge in [0.2, 0.25) is 5.78 Å². The molecule has 1 aliphatic carbocycles. The van der Waals surface area contributed by atoms with Gasteiger partial charge in [0.1, 0.15) is 11.5 Å². The van der Waals surface area contributed by atoms with E-state index in [2.05, 4.69) is 31.9 Å². The number of aromatic hydroxyl groups is 2. The number of rotatable bonds is 0. The highest BCUT2D eigenvalue weighted by Crippen LogP contribution is 2.47. The lowest BCUT2D eigenvalue weighted by Gasteiger charge is -2.23. The van der Waals surface area contributed by atoms with E-state index in [1.807, 2.05) is 0 Å². The van der Waals surface area contributed by atoms with Gasteiger partial charge in [-0.05, 0) is 44.0 Å². The van der Waals surface area contributed by atoms with Crippen molar-refractivity contribution in [1.82, 2.24) is 0 Å². The number of hydrogen-bond donors (Lipinski definition) is 4. The van der Waals surface area contributed by atoms with Gasteiger partial charge in [-0.3, -0.25) is 9.59 Å². The van der Waals surface area contributed by atoms with Gasteiger partial charge in [-0.1, -0.05) is 0 Å². The molecule has 2 aromatic carbocycles. The van der Waals surface area contributed by atoms with Crippen LogP contribution in [-0.2, 0) is 0 Å². The third-order valence-corrected chi connectivity index (χ3v) is 5.64. The number of nitrogen functional groups attached to an aromatic ring is 2. The maximum atomic E-state index is 12.7. The van der Waals surface area contributed by atoms with E-state index in [1.54, 1.807) is 0 Å². The van der Waals surface area contributed by atoms with Crippen molar-refractivity contribution in [2.45, 2.75) is 0 Å². The highest BCUT2D eigenvalue weighted by Gasteiger charge is 2.39. The van der Waals surface area contributed by atoms with Crippen molar-refractivity contribution in [3.8, 4) is 11.5 Å². The molecule has 0 fully saturated rings. The molecule has 6 nitrogen and oxygen atoms in total. The number of anilines is 2. The molecule has 0 aliphatic heterocycles. The second kappa shape index (κ2) is 4.72. The molecule has 0 atom stereocenters. The van der Waals surface area contributed by atoms with Crippen LogP contribution in [0.4, 0.5) is 11.4 Å². The number of phenolic OH excluding ortho intramolecular Hbond substituents is 2. The largest absolute Gasteiger partial charge is 0.507 e. The summed E-state index contributed by atoms with van der Waals surface area (Å²) >= 11 is 6.26. The van der Waals surface area contributed by atoms with E-state index in [-0.39, 0.29) is 48.3 Å². The Bertz CT molecular complexity index is 821.